The number of hydrogen-bond donors (Lipinski definition) is 1. The fourth-order valence-electron chi connectivity index (χ4n) is 2.77. The summed E-state index contributed by atoms with van der Waals surface area (Å²) in [6.45, 7) is 5.03. The number of hydrogen-bond acceptors (Lipinski definition) is 4. The van der Waals surface area contributed by atoms with E-state index in [9.17, 15) is 9.59 Å². The molecule has 0 fully saturated rings. The van der Waals surface area contributed by atoms with Crippen molar-refractivity contribution in [1.82, 2.24) is 10.2 Å². The molecule has 1 heterocycles. The summed E-state index contributed by atoms with van der Waals surface area (Å²) >= 11 is 0. The quantitative estimate of drug-likeness (QED) is 0.807. The number of rotatable bonds is 6. The summed E-state index contributed by atoms with van der Waals surface area (Å²) in [7, 11) is 3.20. The number of carbonyl (C=O) groups is 2. The Hall–Kier alpha value is -2.24. The van der Waals surface area contributed by atoms with Gasteiger partial charge in [0.15, 0.2) is 11.5 Å². The number of carbonyl (C=O) groups excluding carboxylic acids is 2. The summed E-state index contributed by atoms with van der Waals surface area (Å²) in [5.41, 5.74) is 2.19. The van der Waals surface area contributed by atoms with Gasteiger partial charge in [-0.25, -0.2) is 0 Å². The fraction of sp³-hybridized carbons (Fsp3) is 0.556. The standard InChI is InChI=1S/C18H26N2O4/c1-5-12(2)19-17(21)10-18(22)20-7-6-13-8-15(23-3)16(24-4)9-14(13)11-20/h8-9,12H,5-7,10-11H2,1-4H3,(H,19,21). The summed E-state index contributed by atoms with van der Waals surface area (Å²) in [5, 5.41) is 2.83. The predicted octanol–water partition coefficient (Wildman–Crippen LogP) is 1.89. The second-order valence-electron chi connectivity index (χ2n) is 6.09. The minimum atomic E-state index is -0.215. The number of benzene rings is 1. The van der Waals surface area contributed by atoms with Crippen molar-refractivity contribution in [3.05, 3.63) is 23.3 Å². The second kappa shape index (κ2) is 8.04. The van der Waals surface area contributed by atoms with Gasteiger partial charge in [0, 0.05) is 19.1 Å². The van der Waals surface area contributed by atoms with Gasteiger partial charge in [0.1, 0.15) is 6.42 Å². The molecule has 1 aromatic carbocycles. The van der Waals surface area contributed by atoms with E-state index in [4.69, 9.17) is 9.47 Å². The number of fused-ring (bicyclic) bond motifs is 1. The van der Waals surface area contributed by atoms with Crippen molar-refractivity contribution in [2.24, 2.45) is 0 Å². The molecule has 2 amide bonds. The molecule has 0 aliphatic carbocycles. The van der Waals surface area contributed by atoms with E-state index in [-0.39, 0.29) is 24.3 Å². The molecule has 1 aliphatic heterocycles. The van der Waals surface area contributed by atoms with Gasteiger partial charge in [-0.2, -0.15) is 0 Å². The molecule has 2 rings (SSSR count). The van der Waals surface area contributed by atoms with E-state index in [0.29, 0.717) is 24.6 Å². The SMILES string of the molecule is CCC(C)NC(=O)CC(=O)N1CCc2cc(OC)c(OC)cc2C1. The Bertz CT molecular complexity index is 615. The zero-order chi connectivity index (χ0) is 17.7. The van der Waals surface area contributed by atoms with Crippen LogP contribution >= 0.6 is 0 Å². The highest BCUT2D eigenvalue weighted by molar-refractivity contribution is 5.97. The van der Waals surface area contributed by atoms with Gasteiger partial charge in [0.25, 0.3) is 0 Å². The average molecular weight is 334 g/mol. The first-order valence-electron chi connectivity index (χ1n) is 8.29. The molecule has 1 aromatic rings. The third-order valence-electron chi connectivity index (χ3n) is 4.40. The maximum atomic E-state index is 12.4. The monoisotopic (exact) mass is 334 g/mol. The van der Waals surface area contributed by atoms with Crippen molar-refractivity contribution in [2.45, 2.75) is 45.7 Å². The van der Waals surface area contributed by atoms with Gasteiger partial charge in [-0.3, -0.25) is 9.59 Å². The van der Waals surface area contributed by atoms with E-state index in [0.717, 1.165) is 24.0 Å². The first-order chi connectivity index (χ1) is 11.5. The first kappa shape index (κ1) is 18.1. The molecule has 0 spiro atoms. The summed E-state index contributed by atoms with van der Waals surface area (Å²) in [6.07, 6.45) is 1.49. The summed E-state index contributed by atoms with van der Waals surface area (Å²) in [6, 6.07) is 3.96. The summed E-state index contributed by atoms with van der Waals surface area (Å²) in [4.78, 5) is 26.0. The molecular formula is C18H26N2O4. The summed E-state index contributed by atoms with van der Waals surface area (Å²) < 4.78 is 10.6. The Balaban J connectivity index is 2.03. The molecule has 1 atom stereocenters. The average Bonchev–Trinajstić information content (AvgIpc) is 2.59. The molecule has 24 heavy (non-hydrogen) atoms. The number of nitrogens with zero attached hydrogens (tertiary/aromatic N) is 1. The van der Waals surface area contributed by atoms with E-state index in [1.54, 1.807) is 19.1 Å². The number of ether oxygens (including phenoxy) is 2. The topological polar surface area (TPSA) is 67.9 Å². The van der Waals surface area contributed by atoms with Gasteiger partial charge in [-0.05, 0) is 43.0 Å². The highest BCUT2D eigenvalue weighted by Crippen LogP contribution is 2.33. The van der Waals surface area contributed by atoms with Crippen molar-refractivity contribution in [3.63, 3.8) is 0 Å². The van der Waals surface area contributed by atoms with Crippen molar-refractivity contribution in [2.75, 3.05) is 20.8 Å². The van der Waals surface area contributed by atoms with Crippen molar-refractivity contribution >= 4 is 11.8 Å². The second-order valence-corrected chi connectivity index (χ2v) is 6.09. The van der Waals surface area contributed by atoms with Crippen LogP contribution in [0.4, 0.5) is 0 Å². The van der Waals surface area contributed by atoms with Gasteiger partial charge < -0.3 is 19.7 Å². The third-order valence-corrected chi connectivity index (χ3v) is 4.40. The zero-order valence-electron chi connectivity index (χ0n) is 14.8. The molecule has 1 unspecified atom stereocenters. The van der Waals surface area contributed by atoms with Crippen molar-refractivity contribution < 1.29 is 19.1 Å². The molecule has 0 saturated heterocycles. The molecule has 1 N–H and O–H groups in total. The van der Waals surface area contributed by atoms with Crippen LogP contribution < -0.4 is 14.8 Å². The van der Waals surface area contributed by atoms with E-state index < -0.39 is 0 Å². The normalized spacial score (nSPS) is 14.6. The Morgan fingerprint density at radius 1 is 1.21 bits per heavy atom. The maximum Gasteiger partial charge on any atom is 0.232 e. The van der Waals surface area contributed by atoms with Crippen LogP contribution in [-0.4, -0.2) is 43.5 Å². The lowest BCUT2D eigenvalue weighted by molar-refractivity contribution is -0.137. The largest absolute Gasteiger partial charge is 0.493 e. The molecule has 1 aliphatic rings. The van der Waals surface area contributed by atoms with E-state index >= 15 is 0 Å². The third kappa shape index (κ3) is 4.19. The molecule has 6 nitrogen and oxygen atoms in total. The van der Waals surface area contributed by atoms with Crippen LogP contribution in [0, 0.1) is 0 Å². The smallest absolute Gasteiger partial charge is 0.232 e. The molecule has 0 aromatic heterocycles. The number of nitrogens with one attached hydrogen (secondary N) is 1. The molecule has 0 bridgehead atoms. The van der Waals surface area contributed by atoms with Crippen LogP contribution in [0.25, 0.3) is 0 Å². The maximum absolute atomic E-state index is 12.4. The fourth-order valence-corrected chi connectivity index (χ4v) is 2.77. The molecular weight excluding hydrogens is 308 g/mol. The van der Waals surface area contributed by atoms with Crippen LogP contribution in [0.3, 0.4) is 0 Å². The number of methoxy groups -OCH3 is 2. The van der Waals surface area contributed by atoms with Crippen LogP contribution in [0.15, 0.2) is 12.1 Å². The minimum absolute atomic E-state index is 0.0871. The highest BCUT2D eigenvalue weighted by atomic mass is 16.5. The van der Waals surface area contributed by atoms with E-state index in [1.165, 1.54) is 0 Å². The van der Waals surface area contributed by atoms with Crippen molar-refractivity contribution in [3.8, 4) is 11.5 Å². The Morgan fingerprint density at radius 2 is 1.83 bits per heavy atom. The predicted molar refractivity (Wildman–Crippen MR) is 91.2 cm³/mol. The van der Waals surface area contributed by atoms with Gasteiger partial charge >= 0.3 is 0 Å². The van der Waals surface area contributed by atoms with E-state index in [2.05, 4.69) is 5.32 Å². The van der Waals surface area contributed by atoms with Crippen LogP contribution in [0.5, 0.6) is 11.5 Å². The highest BCUT2D eigenvalue weighted by Gasteiger charge is 2.24. The molecule has 6 heteroatoms. The van der Waals surface area contributed by atoms with Crippen LogP contribution in [0.1, 0.15) is 37.8 Å². The Labute approximate surface area is 143 Å². The molecule has 0 radical (unpaired) electrons. The van der Waals surface area contributed by atoms with Gasteiger partial charge in [-0.1, -0.05) is 6.92 Å². The van der Waals surface area contributed by atoms with E-state index in [1.807, 2.05) is 26.0 Å². The minimum Gasteiger partial charge on any atom is -0.493 e. The summed E-state index contributed by atoms with van der Waals surface area (Å²) in [5.74, 6) is 0.993. The number of amides is 2. The lowest BCUT2D eigenvalue weighted by Crippen LogP contribution is -2.40. The first-order valence-corrected chi connectivity index (χ1v) is 8.29. The lowest BCUT2D eigenvalue weighted by atomic mass is 9.98. The Morgan fingerprint density at radius 3 is 2.42 bits per heavy atom. The lowest BCUT2D eigenvalue weighted by Gasteiger charge is -2.29. The molecule has 0 saturated carbocycles. The van der Waals surface area contributed by atoms with Gasteiger partial charge in [0.2, 0.25) is 11.8 Å². The zero-order valence-corrected chi connectivity index (χ0v) is 14.8. The van der Waals surface area contributed by atoms with Crippen LogP contribution in [0.2, 0.25) is 0 Å². The van der Waals surface area contributed by atoms with Gasteiger partial charge in [-0.15, -0.1) is 0 Å². The van der Waals surface area contributed by atoms with Crippen LogP contribution in [-0.2, 0) is 22.6 Å². The van der Waals surface area contributed by atoms with Crippen molar-refractivity contribution in [1.29, 1.82) is 0 Å². The molecule has 132 valence electrons. The van der Waals surface area contributed by atoms with Gasteiger partial charge in [0.05, 0.1) is 14.2 Å². The Kier molecular flexibility index (Phi) is 6.06.